The number of amides is 1. The molecule has 1 heterocycles. The van der Waals surface area contributed by atoms with Gasteiger partial charge in [-0.25, -0.2) is 4.79 Å². The van der Waals surface area contributed by atoms with Crippen LogP contribution in [0.25, 0.3) is 0 Å². The predicted molar refractivity (Wildman–Crippen MR) is 77.5 cm³/mol. The van der Waals surface area contributed by atoms with Crippen molar-refractivity contribution in [2.45, 2.75) is 38.9 Å². The third kappa shape index (κ3) is 4.53. The second-order valence-corrected chi connectivity index (χ2v) is 5.15. The SMILES string of the molecule is CCCCCOC1CN(C(=O)OCc2ccccc2)C1. The number of nitrogens with zero attached hydrogens (tertiary/aromatic N) is 1. The van der Waals surface area contributed by atoms with E-state index in [-0.39, 0.29) is 12.2 Å². The molecule has 4 heteroatoms. The molecule has 0 saturated carbocycles. The Balaban J connectivity index is 1.57. The molecule has 0 aromatic heterocycles. The lowest BCUT2D eigenvalue weighted by molar-refractivity contribution is -0.0515. The summed E-state index contributed by atoms with van der Waals surface area (Å²) in [5.74, 6) is 0. The molecular weight excluding hydrogens is 254 g/mol. The van der Waals surface area contributed by atoms with E-state index < -0.39 is 0 Å². The normalized spacial score (nSPS) is 14.9. The summed E-state index contributed by atoms with van der Waals surface area (Å²) in [5.41, 5.74) is 1.01. The molecule has 0 radical (unpaired) electrons. The number of rotatable bonds is 7. The van der Waals surface area contributed by atoms with Crippen molar-refractivity contribution in [3.05, 3.63) is 35.9 Å². The molecule has 0 bridgehead atoms. The first kappa shape index (κ1) is 14.9. The lowest BCUT2D eigenvalue weighted by atomic mass is 10.2. The Kier molecular flexibility index (Phi) is 5.87. The van der Waals surface area contributed by atoms with Gasteiger partial charge < -0.3 is 14.4 Å². The molecule has 20 heavy (non-hydrogen) atoms. The number of likely N-dealkylation sites (tertiary alicyclic amines) is 1. The molecule has 1 amide bonds. The van der Waals surface area contributed by atoms with Gasteiger partial charge in [0.05, 0.1) is 19.2 Å². The van der Waals surface area contributed by atoms with E-state index in [0.29, 0.717) is 19.7 Å². The van der Waals surface area contributed by atoms with Crippen LogP contribution in [0.3, 0.4) is 0 Å². The van der Waals surface area contributed by atoms with Crippen LogP contribution in [-0.2, 0) is 16.1 Å². The van der Waals surface area contributed by atoms with Gasteiger partial charge in [0.2, 0.25) is 0 Å². The maximum absolute atomic E-state index is 11.8. The van der Waals surface area contributed by atoms with E-state index in [2.05, 4.69) is 6.92 Å². The van der Waals surface area contributed by atoms with Gasteiger partial charge >= 0.3 is 6.09 Å². The third-order valence-corrected chi connectivity index (χ3v) is 3.41. The molecule has 1 aromatic rings. The van der Waals surface area contributed by atoms with Crippen molar-refractivity contribution < 1.29 is 14.3 Å². The average molecular weight is 277 g/mol. The van der Waals surface area contributed by atoms with E-state index >= 15 is 0 Å². The molecule has 0 aliphatic carbocycles. The van der Waals surface area contributed by atoms with Crippen LogP contribution in [-0.4, -0.2) is 36.8 Å². The molecule has 2 rings (SSSR count). The number of carbonyl (C=O) groups is 1. The Hall–Kier alpha value is -1.55. The molecule has 0 N–H and O–H groups in total. The van der Waals surface area contributed by atoms with Crippen LogP contribution in [0.1, 0.15) is 31.7 Å². The summed E-state index contributed by atoms with van der Waals surface area (Å²) in [5, 5.41) is 0. The van der Waals surface area contributed by atoms with Crippen molar-refractivity contribution in [3.63, 3.8) is 0 Å². The Bertz CT molecular complexity index is 401. The van der Waals surface area contributed by atoms with E-state index in [1.165, 1.54) is 12.8 Å². The summed E-state index contributed by atoms with van der Waals surface area (Å²) in [6.07, 6.45) is 3.45. The fraction of sp³-hybridized carbons (Fsp3) is 0.562. The second kappa shape index (κ2) is 7.90. The zero-order chi connectivity index (χ0) is 14.2. The Morgan fingerprint density at radius 2 is 2.00 bits per heavy atom. The lowest BCUT2D eigenvalue weighted by Gasteiger charge is -2.37. The minimum Gasteiger partial charge on any atom is -0.445 e. The molecule has 0 spiro atoms. The number of ether oxygens (including phenoxy) is 2. The van der Waals surface area contributed by atoms with Gasteiger partial charge in [0, 0.05) is 6.61 Å². The molecule has 1 fully saturated rings. The summed E-state index contributed by atoms with van der Waals surface area (Å²) >= 11 is 0. The molecule has 110 valence electrons. The Labute approximate surface area is 120 Å². The first-order valence-electron chi connectivity index (χ1n) is 7.37. The molecular formula is C16H23NO3. The molecule has 0 unspecified atom stereocenters. The summed E-state index contributed by atoms with van der Waals surface area (Å²) < 4.78 is 10.9. The highest BCUT2D eigenvalue weighted by Gasteiger charge is 2.32. The van der Waals surface area contributed by atoms with Gasteiger partial charge in [-0.3, -0.25) is 0 Å². The molecule has 1 saturated heterocycles. The largest absolute Gasteiger partial charge is 0.445 e. The van der Waals surface area contributed by atoms with Gasteiger partial charge in [0.1, 0.15) is 6.61 Å². The first-order valence-corrected chi connectivity index (χ1v) is 7.37. The number of hydrogen-bond acceptors (Lipinski definition) is 3. The summed E-state index contributed by atoms with van der Waals surface area (Å²) in [6.45, 7) is 4.61. The van der Waals surface area contributed by atoms with Gasteiger partial charge in [0.25, 0.3) is 0 Å². The third-order valence-electron chi connectivity index (χ3n) is 3.41. The quantitative estimate of drug-likeness (QED) is 0.718. The highest BCUT2D eigenvalue weighted by Crippen LogP contribution is 2.14. The van der Waals surface area contributed by atoms with Gasteiger partial charge in [-0.2, -0.15) is 0 Å². The van der Waals surface area contributed by atoms with Crippen molar-refractivity contribution in [1.82, 2.24) is 4.90 Å². The zero-order valence-corrected chi connectivity index (χ0v) is 12.1. The lowest BCUT2D eigenvalue weighted by Crippen LogP contribution is -2.54. The smallest absolute Gasteiger partial charge is 0.410 e. The number of unbranched alkanes of at least 4 members (excludes halogenated alkanes) is 2. The first-order chi connectivity index (χ1) is 9.79. The van der Waals surface area contributed by atoms with Crippen LogP contribution in [0.15, 0.2) is 30.3 Å². The summed E-state index contributed by atoms with van der Waals surface area (Å²) in [7, 11) is 0. The monoisotopic (exact) mass is 277 g/mol. The maximum Gasteiger partial charge on any atom is 0.410 e. The van der Waals surface area contributed by atoms with Crippen LogP contribution >= 0.6 is 0 Å². The maximum atomic E-state index is 11.8. The van der Waals surface area contributed by atoms with Crippen molar-refractivity contribution in [2.75, 3.05) is 19.7 Å². The van der Waals surface area contributed by atoms with E-state index in [1.54, 1.807) is 4.90 Å². The van der Waals surface area contributed by atoms with Crippen LogP contribution in [0.4, 0.5) is 4.79 Å². The molecule has 1 aliphatic rings. The average Bonchev–Trinajstić information content (AvgIpc) is 2.44. The van der Waals surface area contributed by atoms with Crippen LogP contribution < -0.4 is 0 Å². The molecule has 1 aromatic carbocycles. The fourth-order valence-corrected chi connectivity index (χ4v) is 2.11. The predicted octanol–water partition coefficient (Wildman–Crippen LogP) is 3.21. The summed E-state index contributed by atoms with van der Waals surface area (Å²) in [4.78, 5) is 13.5. The van der Waals surface area contributed by atoms with Crippen LogP contribution in [0.5, 0.6) is 0 Å². The number of carbonyl (C=O) groups excluding carboxylic acids is 1. The van der Waals surface area contributed by atoms with E-state index in [4.69, 9.17) is 9.47 Å². The van der Waals surface area contributed by atoms with E-state index in [9.17, 15) is 4.79 Å². The highest BCUT2D eigenvalue weighted by molar-refractivity contribution is 5.68. The zero-order valence-electron chi connectivity index (χ0n) is 12.1. The fourth-order valence-electron chi connectivity index (χ4n) is 2.11. The topological polar surface area (TPSA) is 38.8 Å². The second-order valence-electron chi connectivity index (χ2n) is 5.15. The Morgan fingerprint density at radius 3 is 2.70 bits per heavy atom. The molecule has 1 aliphatic heterocycles. The van der Waals surface area contributed by atoms with Crippen molar-refractivity contribution >= 4 is 6.09 Å². The van der Waals surface area contributed by atoms with E-state index in [1.807, 2.05) is 30.3 Å². The van der Waals surface area contributed by atoms with Gasteiger partial charge in [-0.05, 0) is 12.0 Å². The summed E-state index contributed by atoms with van der Waals surface area (Å²) in [6, 6.07) is 9.72. The number of benzene rings is 1. The van der Waals surface area contributed by atoms with Crippen molar-refractivity contribution in [3.8, 4) is 0 Å². The van der Waals surface area contributed by atoms with Crippen molar-refractivity contribution in [1.29, 1.82) is 0 Å². The highest BCUT2D eigenvalue weighted by atomic mass is 16.6. The Morgan fingerprint density at radius 1 is 1.25 bits per heavy atom. The standard InChI is InChI=1S/C16H23NO3/c1-2-3-7-10-19-15-11-17(12-15)16(18)20-13-14-8-5-4-6-9-14/h4-6,8-9,15H,2-3,7,10-13H2,1H3. The molecule has 4 nitrogen and oxygen atoms in total. The van der Waals surface area contributed by atoms with Crippen LogP contribution in [0.2, 0.25) is 0 Å². The van der Waals surface area contributed by atoms with Crippen molar-refractivity contribution in [2.24, 2.45) is 0 Å². The minimum atomic E-state index is -0.248. The van der Waals surface area contributed by atoms with Crippen LogP contribution in [0, 0.1) is 0 Å². The van der Waals surface area contributed by atoms with Gasteiger partial charge in [-0.1, -0.05) is 50.1 Å². The van der Waals surface area contributed by atoms with Gasteiger partial charge in [0.15, 0.2) is 0 Å². The van der Waals surface area contributed by atoms with E-state index in [0.717, 1.165) is 18.6 Å². The number of hydrogen-bond donors (Lipinski definition) is 0. The molecule has 0 atom stereocenters. The minimum absolute atomic E-state index is 0.191. The van der Waals surface area contributed by atoms with Gasteiger partial charge in [-0.15, -0.1) is 0 Å².